The molecule has 4 aromatic carbocycles. The van der Waals surface area contributed by atoms with Crippen molar-refractivity contribution in [1.29, 1.82) is 0 Å². The Hall–Kier alpha value is -4.44. The molecule has 174 valence electrons. The van der Waals surface area contributed by atoms with E-state index in [1.54, 1.807) is 0 Å². The Labute approximate surface area is 208 Å². The summed E-state index contributed by atoms with van der Waals surface area (Å²) >= 11 is 0. The lowest BCUT2D eigenvalue weighted by Gasteiger charge is -2.11. The van der Waals surface area contributed by atoms with Crippen molar-refractivity contribution in [3.8, 4) is 22.5 Å². The molecule has 0 amide bonds. The third-order valence-electron chi connectivity index (χ3n) is 6.98. The zero-order valence-corrected chi connectivity index (χ0v) is 20.3. The van der Waals surface area contributed by atoms with Gasteiger partial charge in [-0.1, -0.05) is 98.8 Å². The van der Waals surface area contributed by atoms with Crippen LogP contribution in [0, 0.1) is 5.92 Å². The SMILES string of the molecule is CC(C)Cc1cn2c(-c3ccc(-c4cccc5c4oc4ccccc45)cc3)nnc2c2ccccc12. The predicted octanol–water partition coefficient (Wildman–Crippen LogP) is 8.31. The highest BCUT2D eigenvalue weighted by atomic mass is 16.3. The number of pyridine rings is 1. The van der Waals surface area contributed by atoms with Gasteiger partial charge in [-0.3, -0.25) is 4.40 Å². The summed E-state index contributed by atoms with van der Waals surface area (Å²) in [7, 11) is 0. The molecule has 36 heavy (non-hydrogen) atoms. The van der Waals surface area contributed by atoms with Crippen molar-refractivity contribution in [2.45, 2.75) is 20.3 Å². The molecule has 0 aliphatic carbocycles. The van der Waals surface area contributed by atoms with Crippen LogP contribution in [0.2, 0.25) is 0 Å². The van der Waals surface area contributed by atoms with Crippen molar-refractivity contribution >= 4 is 38.4 Å². The average molecular weight is 468 g/mol. The minimum absolute atomic E-state index is 0.561. The summed E-state index contributed by atoms with van der Waals surface area (Å²) in [5, 5.41) is 13.9. The van der Waals surface area contributed by atoms with Crippen LogP contribution in [0.5, 0.6) is 0 Å². The van der Waals surface area contributed by atoms with Crippen molar-refractivity contribution in [2.75, 3.05) is 0 Å². The number of para-hydroxylation sites is 2. The first kappa shape index (κ1) is 20.9. The second-order valence-electron chi connectivity index (χ2n) is 9.87. The molecule has 0 fully saturated rings. The van der Waals surface area contributed by atoms with Crippen LogP contribution in [0.25, 0.3) is 60.9 Å². The summed E-state index contributed by atoms with van der Waals surface area (Å²) < 4.78 is 8.41. The minimum Gasteiger partial charge on any atom is -0.455 e. The van der Waals surface area contributed by atoms with Crippen LogP contribution in [0.15, 0.2) is 102 Å². The van der Waals surface area contributed by atoms with Gasteiger partial charge in [-0.05, 0) is 34.9 Å². The van der Waals surface area contributed by atoms with E-state index < -0.39 is 0 Å². The maximum Gasteiger partial charge on any atom is 0.168 e. The summed E-state index contributed by atoms with van der Waals surface area (Å²) in [6.45, 7) is 4.51. The molecule has 7 aromatic rings. The van der Waals surface area contributed by atoms with Crippen LogP contribution in [-0.4, -0.2) is 14.6 Å². The second kappa shape index (κ2) is 8.06. The summed E-state index contributed by atoms with van der Waals surface area (Å²) in [5.41, 5.74) is 7.29. The van der Waals surface area contributed by atoms with Crippen LogP contribution in [0.3, 0.4) is 0 Å². The number of hydrogen-bond donors (Lipinski definition) is 0. The monoisotopic (exact) mass is 467 g/mol. The van der Waals surface area contributed by atoms with E-state index in [1.807, 2.05) is 12.1 Å². The molecule has 7 rings (SSSR count). The highest BCUT2D eigenvalue weighted by molar-refractivity contribution is 6.09. The van der Waals surface area contributed by atoms with E-state index in [0.717, 1.165) is 61.9 Å². The van der Waals surface area contributed by atoms with E-state index >= 15 is 0 Å². The first-order valence-corrected chi connectivity index (χ1v) is 12.4. The Kier molecular flexibility index (Phi) is 4.68. The van der Waals surface area contributed by atoms with Gasteiger partial charge in [0, 0.05) is 33.5 Å². The smallest absolute Gasteiger partial charge is 0.168 e. The molecule has 3 aromatic heterocycles. The third kappa shape index (κ3) is 3.22. The first-order valence-electron chi connectivity index (χ1n) is 12.4. The largest absolute Gasteiger partial charge is 0.455 e. The van der Waals surface area contributed by atoms with E-state index in [2.05, 4.69) is 114 Å². The molecule has 3 heterocycles. The Morgan fingerprint density at radius 1 is 0.694 bits per heavy atom. The molecule has 0 radical (unpaired) electrons. The van der Waals surface area contributed by atoms with Crippen molar-refractivity contribution in [3.63, 3.8) is 0 Å². The topological polar surface area (TPSA) is 43.3 Å². The van der Waals surface area contributed by atoms with Crippen LogP contribution < -0.4 is 0 Å². The normalized spacial score (nSPS) is 12.0. The molecule has 0 saturated heterocycles. The standard InChI is InChI=1S/C32H25N3O/c1-20(2)18-23-19-35-31(33-34-32(35)28-10-4-3-8-24(23)28)22-16-14-21(15-17-22)25-11-7-12-27-26-9-5-6-13-29(26)36-30(25)27/h3-17,19-20H,18H2,1-2H3. The molecular weight excluding hydrogens is 442 g/mol. The number of rotatable bonds is 4. The predicted molar refractivity (Wildman–Crippen MR) is 147 cm³/mol. The molecule has 0 saturated carbocycles. The van der Waals surface area contributed by atoms with E-state index in [0.29, 0.717) is 5.92 Å². The van der Waals surface area contributed by atoms with Crippen molar-refractivity contribution in [2.24, 2.45) is 5.92 Å². The summed E-state index contributed by atoms with van der Waals surface area (Å²) in [4.78, 5) is 0. The Morgan fingerprint density at radius 2 is 1.39 bits per heavy atom. The maximum atomic E-state index is 6.26. The highest BCUT2D eigenvalue weighted by Gasteiger charge is 2.16. The van der Waals surface area contributed by atoms with Crippen molar-refractivity contribution in [3.05, 3.63) is 103 Å². The Morgan fingerprint density at radius 3 is 2.19 bits per heavy atom. The number of aromatic nitrogens is 3. The molecular formula is C32H25N3O. The minimum atomic E-state index is 0.561. The number of fused-ring (bicyclic) bond motifs is 6. The number of benzene rings is 4. The van der Waals surface area contributed by atoms with Gasteiger partial charge in [0.1, 0.15) is 11.2 Å². The fourth-order valence-corrected chi connectivity index (χ4v) is 5.35. The Balaban J connectivity index is 1.35. The zero-order valence-electron chi connectivity index (χ0n) is 20.3. The lowest BCUT2D eigenvalue weighted by molar-refractivity contribution is 0.648. The first-order chi connectivity index (χ1) is 17.7. The van der Waals surface area contributed by atoms with Gasteiger partial charge in [-0.25, -0.2) is 0 Å². The van der Waals surface area contributed by atoms with Crippen LogP contribution in [-0.2, 0) is 6.42 Å². The second-order valence-corrected chi connectivity index (χ2v) is 9.87. The van der Waals surface area contributed by atoms with E-state index in [9.17, 15) is 0 Å². The molecule has 0 atom stereocenters. The van der Waals surface area contributed by atoms with Gasteiger partial charge >= 0.3 is 0 Å². The van der Waals surface area contributed by atoms with Crippen LogP contribution >= 0.6 is 0 Å². The maximum absolute atomic E-state index is 6.26. The van der Waals surface area contributed by atoms with Gasteiger partial charge in [-0.15, -0.1) is 10.2 Å². The summed E-state index contributed by atoms with van der Waals surface area (Å²) in [5.74, 6) is 1.42. The molecule has 0 bridgehead atoms. The van der Waals surface area contributed by atoms with Gasteiger partial charge in [0.2, 0.25) is 0 Å². The molecule has 0 N–H and O–H groups in total. The fraction of sp³-hybridized carbons (Fsp3) is 0.125. The number of hydrogen-bond acceptors (Lipinski definition) is 3. The summed E-state index contributed by atoms with van der Waals surface area (Å²) in [6.07, 6.45) is 3.23. The van der Waals surface area contributed by atoms with Crippen LogP contribution in [0.4, 0.5) is 0 Å². The molecule has 0 aliphatic rings. The third-order valence-corrected chi connectivity index (χ3v) is 6.98. The van der Waals surface area contributed by atoms with E-state index in [1.165, 1.54) is 10.9 Å². The van der Waals surface area contributed by atoms with Crippen LogP contribution in [0.1, 0.15) is 19.4 Å². The average Bonchev–Trinajstić information content (AvgIpc) is 3.50. The van der Waals surface area contributed by atoms with Gasteiger partial charge in [0.15, 0.2) is 11.5 Å². The highest BCUT2D eigenvalue weighted by Crippen LogP contribution is 2.36. The van der Waals surface area contributed by atoms with Gasteiger partial charge < -0.3 is 4.42 Å². The lowest BCUT2D eigenvalue weighted by atomic mass is 9.99. The van der Waals surface area contributed by atoms with Gasteiger partial charge in [0.25, 0.3) is 0 Å². The lowest BCUT2D eigenvalue weighted by Crippen LogP contribution is -2.00. The quantitative estimate of drug-likeness (QED) is 0.261. The van der Waals surface area contributed by atoms with Crippen molar-refractivity contribution in [1.82, 2.24) is 14.6 Å². The fourth-order valence-electron chi connectivity index (χ4n) is 5.35. The molecule has 4 nitrogen and oxygen atoms in total. The number of nitrogens with zero attached hydrogens (tertiary/aromatic N) is 3. The molecule has 0 unspecified atom stereocenters. The molecule has 4 heteroatoms. The van der Waals surface area contributed by atoms with Gasteiger partial charge in [0.05, 0.1) is 0 Å². The number of furan rings is 1. The molecule has 0 spiro atoms. The van der Waals surface area contributed by atoms with E-state index in [4.69, 9.17) is 4.42 Å². The van der Waals surface area contributed by atoms with Crippen molar-refractivity contribution < 1.29 is 4.42 Å². The summed E-state index contributed by atoms with van der Waals surface area (Å²) in [6, 6.07) is 31.6. The Bertz CT molecular complexity index is 1890. The van der Waals surface area contributed by atoms with Gasteiger partial charge in [-0.2, -0.15) is 0 Å². The molecule has 0 aliphatic heterocycles. The zero-order chi connectivity index (χ0) is 24.2. The van der Waals surface area contributed by atoms with E-state index in [-0.39, 0.29) is 0 Å².